The molecular weight excluding hydrogens is 309 g/mol. The van der Waals surface area contributed by atoms with E-state index in [2.05, 4.69) is 9.97 Å². The van der Waals surface area contributed by atoms with Crippen molar-refractivity contribution in [3.63, 3.8) is 0 Å². The summed E-state index contributed by atoms with van der Waals surface area (Å²) in [7, 11) is 0. The fourth-order valence-electron chi connectivity index (χ4n) is 1.10. The lowest BCUT2D eigenvalue weighted by atomic mass is 10.3. The minimum absolute atomic E-state index is 0.381. The van der Waals surface area contributed by atoms with Gasteiger partial charge in [-0.05, 0) is 0 Å². The predicted octanol–water partition coefficient (Wildman–Crippen LogP) is 0.937. The van der Waals surface area contributed by atoms with E-state index in [-0.39, 0.29) is 11.4 Å². The molecule has 1 aliphatic carbocycles. The predicted molar refractivity (Wildman–Crippen MR) is 48.4 cm³/mol. The SMILES string of the molecule is O=C1c2nc(F)c(F)nc2C(=O)C1I. The Morgan fingerprint density at radius 2 is 1.36 bits per heavy atom. The quantitative estimate of drug-likeness (QED) is 0.406. The molecule has 0 aromatic carbocycles. The van der Waals surface area contributed by atoms with Crippen molar-refractivity contribution < 1.29 is 18.4 Å². The zero-order chi connectivity index (χ0) is 10.5. The molecule has 0 saturated carbocycles. The van der Waals surface area contributed by atoms with E-state index in [1.807, 2.05) is 0 Å². The Morgan fingerprint density at radius 1 is 1.00 bits per heavy atom. The number of ketones is 2. The molecule has 1 aliphatic rings. The van der Waals surface area contributed by atoms with Crippen LogP contribution in [0.5, 0.6) is 0 Å². The number of hydrogen-bond donors (Lipinski definition) is 0. The molecule has 0 aliphatic heterocycles. The van der Waals surface area contributed by atoms with E-state index in [4.69, 9.17) is 0 Å². The lowest BCUT2D eigenvalue weighted by molar-refractivity contribution is 0.0935. The molecule has 14 heavy (non-hydrogen) atoms. The van der Waals surface area contributed by atoms with Gasteiger partial charge in [0.2, 0.25) is 11.6 Å². The first-order valence-electron chi connectivity index (χ1n) is 3.48. The van der Waals surface area contributed by atoms with Crippen LogP contribution in [0, 0.1) is 11.9 Å². The van der Waals surface area contributed by atoms with Crippen LogP contribution in [-0.2, 0) is 0 Å². The van der Waals surface area contributed by atoms with Gasteiger partial charge < -0.3 is 0 Å². The Morgan fingerprint density at radius 3 is 1.71 bits per heavy atom. The summed E-state index contributed by atoms with van der Waals surface area (Å²) in [5.41, 5.74) is -0.762. The highest BCUT2D eigenvalue weighted by Crippen LogP contribution is 2.24. The Balaban J connectivity index is 2.71. The van der Waals surface area contributed by atoms with E-state index in [1.54, 1.807) is 22.6 Å². The van der Waals surface area contributed by atoms with Crippen molar-refractivity contribution in [1.29, 1.82) is 0 Å². The molecule has 0 amide bonds. The van der Waals surface area contributed by atoms with Crippen molar-refractivity contribution >= 4 is 34.2 Å². The zero-order valence-corrected chi connectivity index (χ0v) is 8.58. The molecule has 0 radical (unpaired) electrons. The number of carbonyl (C=O) groups excluding carboxylic acids is 2. The lowest BCUT2D eigenvalue weighted by Gasteiger charge is -1.94. The molecule has 0 bridgehead atoms. The second-order valence-corrected chi connectivity index (χ2v) is 3.84. The van der Waals surface area contributed by atoms with Gasteiger partial charge in [0.1, 0.15) is 15.3 Å². The van der Waals surface area contributed by atoms with Crippen LogP contribution in [-0.4, -0.2) is 25.5 Å². The number of halogens is 3. The maximum atomic E-state index is 12.6. The lowest BCUT2D eigenvalue weighted by Crippen LogP contribution is -2.13. The number of rotatable bonds is 0. The molecule has 0 N–H and O–H groups in total. The van der Waals surface area contributed by atoms with Gasteiger partial charge in [0.15, 0.2) is 0 Å². The first kappa shape index (κ1) is 9.56. The summed E-state index contributed by atoms with van der Waals surface area (Å²) in [4.78, 5) is 28.6. The molecule has 1 aromatic rings. The van der Waals surface area contributed by atoms with Crippen LogP contribution in [0.1, 0.15) is 21.0 Å². The number of hydrogen-bond acceptors (Lipinski definition) is 4. The molecule has 2 rings (SSSR count). The van der Waals surface area contributed by atoms with Gasteiger partial charge in [-0.1, -0.05) is 22.6 Å². The van der Waals surface area contributed by atoms with Crippen molar-refractivity contribution in [2.45, 2.75) is 3.92 Å². The van der Waals surface area contributed by atoms with Crippen molar-refractivity contribution in [3.05, 3.63) is 23.3 Å². The molecule has 0 saturated heterocycles. The van der Waals surface area contributed by atoms with Gasteiger partial charge in [-0.2, -0.15) is 8.78 Å². The smallest absolute Gasteiger partial charge is 0.269 e. The highest BCUT2D eigenvalue weighted by molar-refractivity contribution is 14.1. The maximum absolute atomic E-state index is 12.6. The molecule has 0 spiro atoms. The summed E-state index contributed by atoms with van der Waals surface area (Å²) in [5.74, 6) is -4.18. The number of aromatic nitrogens is 2. The first-order valence-corrected chi connectivity index (χ1v) is 4.72. The van der Waals surface area contributed by atoms with Gasteiger partial charge in [-0.25, -0.2) is 9.97 Å². The molecule has 1 aromatic heterocycles. The molecule has 0 fully saturated rings. The first-order chi connectivity index (χ1) is 6.52. The number of carbonyl (C=O) groups is 2. The van der Waals surface area contributed by atoms with Gasteiger partial charge >= 0.3 is 0 Å². The van der Waals surface area contributed by atoms with Crippen molar-refractivity contribution in [1.82, 2.24) is 9.97 Å². The van der Waals surface area contributed by atoms with E-state index in [0.717, 1.165) is 0 Å². The average molecular weight is 310 g/mol. The second-order valence-electron chi connectivity index (χ2n) is 2.59. The third-order valence-electron chi connectivity index (χ3n) is 1.74. The Kier molecular flexibility index (Phi) is 2.05. The highest BCUT2D eigenvalue weighted by atomic mass is 127. The van der Waals surface area contributed by atoms with Crippen LogP contribution in [0.25, 0.3) is 0 Å². The van der Waals surface area contributed by atoms with Crippen molar-refractivity contribution in [2.75, 3.05) is 0 Å². The molecule has 4 nitrogen and oxygen atoms in total. The minimum atomic E-state index is -1.46. The normalized spacial score (nSPS) is 16.2. The Hall–Kier alpha value is -0.990. The van der Waals surface area contributed by atoms with E-state index in [1.165, 1.54) is 0 Å². The van der Waals surface area contributed by atoms with Crippen LogP contribution >= 0.6 is 22.6 Å². The summed E-state index contributed by atoms with van der Waals surface area (Å²) in [5, 5.41) is 0. The summed E-state index contributed by atoms with van der Waals surface area (Å²) in [6, 6.07) is 0. The number of Topliss-reactive ketones (excluding diaryl/α,β-unsaturated/α-hetero) is 2. The molecule has 7 heteroatoms. The minimum Gasteiger partial charge on any atom is -0.291 e. The van der Waals surface area contributed by atoms with Crippen LogP contribution in [0.4, 0.5) is 8.78 Å². The summed E-state index contributed by atoms with van der Waals surface area (Å²) in [6.07, 6.45) is 0. The number of nitrogens with zero attached hydrogens (tertiary/aromatic N) is 2. The van der Waals surface area contributed by atoms with Crippen LogP contribution in [0.3, 0.4) is 0 Å². The van der Waals surface area contributed by atoms with Gasteiger partial charge in [-0.15, -0.1) is 0 Å². The summed E-state index contributed by atoms with van der Waals surface area (Å²) < 4.78 is 24.2. The number of fused-ring (bicyclic) bond motifs is 1. The van der Waals surface area contributed by atoms with Gasteiger partial charge in [0, 0.05) is 0 Å². The average Bonchev–Trinajstić information content (AvgIpc) is 2.34. The van der Waals surface area contributed by atoms with Gasteiger partial charge in [0.05, 0.1) is 0 Å². The third kappa shape index (κ3) is 1.15. The Labute approximate surface area is 89.9 Å². The van der Waals surface area contributed by atoms with E-state index in [9.17, 15) is 18.4 Å². The molecule has 72 valence electrons. The molecule has 1 heterocycles. The van der Waals surface area contributed by atoms with Crippen LogP contribution < -0.4 is 0 Å². The second kappa shape index (κ2) is 3.01. The van der Waals surface area contributed by atoms with E-state index in [0.29, 0.717) is 0 Å². The van der Waals surface area contributed by atoms with E-state index >= 15 is 0 Å². The molecule has 0 unspecified atom stereocenters. The summed E-state index contributed by atoms with van der Waals surface area (Å²) >= 11 is 1.58. The fourth-order valence-corrected chi connectivity index (χ4v) is 1.69. The van der Waals surface area contributed by atoms with Crippen molar-refractivity contribution in [2.24, 2.45) is 0 Å². The standard InChI is InChI=1S/C7HF2IN2O2/c8-6-7(9)12-3-2(11-6)4(13)1(10)5(3)14/h1H. The van der Waals surface area contributed by atoms with E-state index < -0.39 is 27.4 Å². The largest absolute Gasteiger partial charge is 0.291 e. The fraction of sp³-hybridized carbons (Fsp3) is 0.143. The molecular formula is C7HF2IN2O2. The highest BCUT2D eigenvalue weighted by Gasteiger charge is 2.40. The monoisotopic (exact) mass is 310 g/mol. The number of alkyl halides is 1. The Bertz CT molecular complexity index is 422. The summed E-state index contributed by atoms with van der Waals surface area (Å²) in [6.45, 7) is 0. The van der Waals surface area contributed by atoms with Crippen LogP contribution in [0.2, 0.25) is 0 Å². The molecule has 0 atom stereocenters. The van der Waals surface area contributed by atoms with Gasteiger partial charge in [0.25, 0.3) is 11.9 Å². The third-order valence-corrected chi connectivity index (χ3v) is 2.87. The van der Waals surface area contributed by atoms with Gasteiger partial charge in [-0.3, -0.25) is 9.59 Å². The maximum Gasteiger partial charge on any atom is 0.269 e. The topological polar surface area (TPSA) is 59.9 Å². The zero-order valence-electron chi connectivity index (χ0n) is 6.42. The van der Waals surface area contributed by atoms with Crippen LogP contribution in [0.15, 0.2) is 0 Å². The van der Waals surface area contributed by atoms with Crippen molar-refractivity contribution in [3.8, 4) is 0 Å².